The number of nitrogens with one attached hydrogen (secondary N) is 2. The summed E-state index contributed by atoms with van der Waals surface area (Å²) in [5.74, 6) is 0.291. The summed E-state index contributed by atoms with van der Waals surface area (Å²) in [5, 5.41) is 7.14. The van der Waals surface area contributed by atoms with Gasteiger partial charge in [0, 0.05) is 29.6 Å². The lowest BCUT2D eigenvalue weighted by atomic mass is 9.82. The Bertz CT molecular complexity index is 1150. The lowest BCUT2D eigenvalue weighted by molar-refractivity contribution is -0.121. The summed E-state index contributed by atoms with van der Waals surface area (Å²) in [6.45, 7) is 7.24. The largest absolute Gasteiger partial charge is 0.472 e. The molecule has 2 aromatic heterocycles. The second-order valence-electron chi connectivity index (χ2n) is 9.46. The standard InChI is InChI=1S/C29H37N3O3/c1-3-5-15-30-26(33)19-32-25-18-22(29(34)31-16-6-4-2)12-13-24(25)27(21-10-8-7-9-11-21)28(32)23-14-17-35-20-23/h3,12-14,17-18,20-21H,1,4-11,15-16,19H2,2H3,(H,30,33)(H,31,34). The molecule has 0 spiro atoms. The highest BCUT2D eigenvalue weighted by Crippen LogP contribution is 2.44. The van der Waals surface area contributed by atoms with E-state index in [4.69, 9.17) is 4.42 Å². The highest BCUT2D eigenvalue weighted by molar-refractivity contribution is 6.01. The predicted molar refractivity (Wildman–Crippen MR) is 141 cm³/mol. The average molecular weight is 476 g/mol. The summed E-state index contributed by atoms with van der Waals surface area (Å²) in [6, 6.07) is 7.90. The van der Waals surface area contributed by atoms with Gasteiger partial charge in [-0.15, -0.1) is 6.58 Å². The maximum Gasteiger partial charge on any atom is 0.251 e. The molecule has 1 saturated carbocycles. The molecule has 6 nitrogen and oxygen atoms in total. The minimum Gasteiger partial charge on any atom is -0.472 e. The van der Waals surface area contributed by atoms with Gasteiger partial charge in [0.25, 0.3) is 5.91 Å². The van der Waals surface area contributed by atoms with Crippen molar-refractivity contribution in [1.82, 2.24) is 15.2 Å². The van der Waals surface area contributed by atoms with Crippen molar-refractivity contribution in [3.63, 3.8) is 0 Å². The van der Waals surface area contributed by atoms with Crippen LogP contribution in [0.25, 0.3) is 22.2 Å². The second kappa shape index (κ2) is 11.9. The Hall–Kier alpha value is -3.28. The molecule has 1 aliphatic carbocycles. The van der Waals surface area contributed by atoms with E-state index in [1.54, 1.807) is 18.6 Å². The number of amides is 2. The minimum atomic E-state index is -0.0763. The number of carbonyl (C=O) groups is 2. The number of aromatic nitrogens is 1. The van der Waals surface area contributed by atoms with Gasteiger partial charge in [0.1, 0.15) is 6.54 Å². The van der Waals surface area contributed by atoms with Crippen molar-refractivity contribution in [2.45, 2.75) is 70.8 Å². The topological polar surface area (TPSA) is 76.3 Å². The summed E-state index contributed by atoms with van der Waals surface area (Å²) in [5.41, 5.74) is 4.81. The Balaban J connectivity index is 1.82. The molecule has 0 radical (unpaired) electrons. The Kier molecular flexibility index (Phi) is 8.45. The molecule has 2 amide bonds. The molecule has 35 heavy (non-hydrogen) atoms. The fourth-order valence-corrected chi connectivity index (χ4v) is 5.19. The van der Waals surface area contributed by atoms with Crippen LogP contribution >= 0.6 is 0 Å². The fraction of sp³-hybridized carbons (Fsp3) is 0.448. The van der Waals surface area contributed by atoms with Crippen molar-refractivity contribution in [1.29, 1.82) is 0 Å². The van der Waals surface area contributed by atoms with Crippen molar-refractivity contribution in [3.8, 4) is 11.3 Å². The van der Waals surface area contributed by atoms with Crippen molar-refractivity contribution in [2.24, 2.45) is 0 Å². The van der Waals surface area contributed by atoms with Gasteiger partial charge in [0.15, 0.2) is 0 Å². The molecule has 1 aromatic carbocycles. The summed E-state index contributed by atoms with van der Waals surface area (Å²) in [7, 11) is 0. The molecular weight excluding hydrogens is 438 g/mol. The summed E-state index contributed by atoms with van der Waals surface area (Å²) >= 11 is 0. The van der Waals surface area contributed by atoms with Gasteiger partial charge in [-0.25, -0.2) is 0 Å². The average Bonchev–Trinajstić information content (AvgIpc) is 3.51. The lowest BCUT2D eigenvalue weighted by Gasteiger charge is -2.23. The molecule has 0 saturated heterocycles. The van der Waals surface area contributed by atoms with E-state index in [1.807, 2.05) is 18.2 Å². The van der Waals surface area contributed by atoms with E-state index in [1.165, 1.54) is 24.8 Å². The molecule has 4 rings (SSSR count). The number of nitrogens with zero attached hydrogens (tertiary/aromatic N) is 1. The van der Waals surface area contributed by atoms with E-state index in [9.17, 15) is 9.59 Å². The van der Waals surface area contributed by atoms with Gasteiger partial charge in [-0.2, -0.15) is 0 Å². The first-order valence-corrected chi connectivity index (χ1v) is 13.0. The Morgan fingerprint density at radius 3 is 2.69 bits per heavy atom. The highest BCUT2D eigenvalue weighted by atomic mass is 16.3. The Labute approximate surface area is 207 Å². The molecule has 6 heteroatoms. The normalized spacial score (nSPS) is 14.2. The molecule has 2 N–H and O–H groups in total. The number of unbranched alkanes of at least 4 members (excludes halogenated alkanes) is 1. The number of fused-ring (bicyclic) bond motifs is 1. The monoisotopic (exact) mass is 475 g/mol. The molecule has 0 bridgehead atoms. The number of benzene rings is 1. The molecule has 0 aliphatic heterocycles. The van der Waals surface area contributed by atoms with Crippen LogP contribution in [0.3, 0.4) is 0 Å². The van der Waals surface area contributed by atoms with Crippen LogP contribution in [0.15, 0.2) is 53.9 Å². The molecular formula is C29H37N3O3. The van der Waals surface area contributed by atoms with Gasteiger partial charge >= 0.3 is 0 Å². The third-order valence-electron chi connectivity index (χ3n) is 6.96. The van der Waals surface area contributed by atoms with Crippen LogP contribution in [0.5, 0.6) is 0 Å². The van der Waals surface area contributed by atoms with E-state index in [0.29, 0.717) is 24.6 Å². The maximum atomic E-state index is 13.0. The van der Waals surface area contributed by atoms with Crippen LogP contribution in [-0.2, 0) is 11.3 Å². The summed E-state index contributed by atoms with van der Waals surface area (Å²) in [4.78, 5) is 25.8. The van der Waals surface area contributed by atoms with Crippen LogP contribution in [0.2, 0.25) is 0 Å². The zero-order chi connectivity index (χ0) is 24.6. The molecule has 0 atom stereocenters. The van der Waals surface area contributed by atoms with Crippen molar-refractivity contribution < 1.29 is 14.0 Å². The van der Waals surface area contributed by atoms with Crippen molar-refractivity contribution >= 4 is 22.7 Å². The summed E-state index contributed by atoms with van der Waals surface area (Å²) < 4.78 is 7.55. The van der Waals surface area contributed by atoms with E-state index < -0.39 is 0 Å². The fourth-order valence-electron chi connectivity index (χ4n) is 5.19. The SMILES string of the molecule is C=CCCNC(=O)Cn1c(-c2ccoc2)c(C2CCCCC2)c2ccc(C(=O)NCCCC)cc21. The van der Waals surface area contributed by atoms with Crippen LogP contribution in [0.1, 0.15) is 80.1 Å². The number of carbonyl (C=O) groups excluding carboxylic acids is 2. The van der Waals surface area contributed by atoms with Crippen LogP contribution in [-0.4, -0.2) is 29.5 Å². The van der Waals surface area contributed by atoms with E-state index in [0.717, 1.165) is 54.3 Å². The maximum absolute atomic E-state index is 13.0. The summed E-state index contributed by atoms with van der Waals surface area (Å²) in [6.07, 6.45) is 13.9. The van der Waals surface area contributed by atoms with Gasteiger partial charge in [0.05, 0.1) is 23.7 Å². The molecule has 1 fully saturated rings. The second-order valence-corrected chi connectivity index (χ2v) is 9.46. The quantitative estimate of drug-likeness (QED) is 0.257. The Morgan fingerprint density at radius 2 is 1.97 bits per heavy atom. The van der Waals surface area contributed by atoms with Crippen LogP contribution in [0.4, 0.5) is 0 Å². The van der Waals surface area contributed by atoms with Gasteiger partial charge in [0.2, 0.25) is 5.91 Å². The Morgan fingerprint density at radius 1 is 1.14 bits per heavy atom. The molecule has 186 valence electrons. The van der Waals surface area contributed by atoms with E-state index >= 15 is 0 Å². The van der Waals surface area contributed by atoms with Crippen LogP contribution in [0, 0.1) is 0 Å². The van der Waals surface area contributed by atoms with Crippen molar-refractivity contribution in [3.05, 3.63) is 60.6 Å². The number of furan rings is 1. The van der Waals surface area contributed by atoms with Gasteiger partial charge < -0.3 is 19.6 Å². The highest BCUT2D eigenvalue weighted by Gasteiger charge is 2.28. The molecule has 3 aromatic rings. The third kappa shape index (κ3) is 5.69. The zero-order valence-electron chi connectivity index (χ0n) is 20.8. The number of rotatable bonds is 11. The first-order chi connectivity index (χ1) is 17.1. The number of hydrogen-bond donors (Lipinski definition) is 2. The van der Waals surface area contributed by atoms with E-state index in [2.05, 4.69) is 34.8 Å². The van der Waals surface area contributed by atoms with Crippen molar-refractivity contribution in [2.75, 3.05) is 13.1 Å². The smallest absolute Gasteiger partial charge is 0.251 e. The lowest BCUT2D eigenvalue weighted by Crippen LogP contribution is -2.28. The molecule has 2 heterocycles. The van der Waals surface area contributed by atoms with Crippen LogP contribution < -0.4 is 10.6 Å². The number of hydrogen-bond acceptors (Lipinski definition) is 3. The first-order valence-electron chi connectivity index (χ1n) is 13.0. The van der Waals surface area contributed by atoms with Gasteiger partial charge in [-0.1, -0.05) is 44.7 Å². The molecule has 0 unspecified atom stereocenters. The predicted octanol–water partition coefficient (Wildman–Crippen LogP) is 6.17. The van der Waals surface area contributed by atoms with Gasteiger partial charge in [-0.3, -0.25) is 9.59 Å². The van der Waals surface area contributed by atoms with Gasteiger partial charge in [-0.05, 0) is 55.4 Å². The third-order valence-corrected chi connectivity index (χ3v) is 6.96. The zero-order valence-corrected chi connectivity index (χ0v) is 20.8. The first kappa shape index (κ1) is 24.8. The molecule has 1 aliphatic rings. The van der Waals surface area contributed by atoms with E-state index in [-0.39, 0.29) is 18.4 Å². The minimum absolute atomic E-state index is 0.0542.